The van der Waals surface area contributed by atoms with Gasteiger partial charge in [0.05, 0.1) is 10.7 Å². The minimum Gasteiger partial charge on any atom is -0.399 e. The predicted octanol–water partition coefficient (Wildman–Crippen LogP) is 4.06. The summed E-state index contributed by atoms with van der Waals surface area (Å²) in [5.74, 6) is 0. The summed E-state index contributed by atoms with van der Waals surface area (Å²) in [6.07, 6.45) is -4.43. The monoisotopic (exact) mass is 278 g/mol. The van der Waals surface area contributed by atoms with E-state index in [4.69, 9.17) is 17.3 Å². The zero-order valence-corrected chi connectivity index (χ0v) is 9.83. The van der Waals surface area contributed by atoms with Gasteiger partial charge in [-0.25, -0.2) is 4.98 Å². The van der Waals surface area contributed by atoms with Crippen molar-refractivity contribution in [1.82, 2.24) is 4.98 Å². The molecule has 0 unspecified atom stereocenters. The van der Waals surface area contributed by atoms with Gasteiger partial charge in [0.15, 0.2) is 5.01 Å². The van der Waals surface area contributed by atoms with Crippen molar-refractivity contribution in [3.05, 3.63) is 33.6 Å². The molecule has 2 aromatic rings. The molecule has 0 aliphatic heterocycles. The quantitative estimate of drug-likeness (QED) is 0.799. The summed E-state index contributed by atoms with van der Waals surface area (Å²) in [6, 6.07) is 4.59. The molecule has 90 valence electrons. The first-order valence-corrected chi connectivity index (χ1v) is 5.72. The summed E-state index contributed by atoms with van der Waals surface area (Å²) in [5, 5.41) is 0.713. The minimum atomic E-state index is -4.43. The number of hydrogen-bond acceptors (Lipinski definition) is 3. The Hall–Kier alpha value is -1.27. The van der Waals surface area contributed by atoms with Gasteiger partial charge in [0, 0.05) is 16.6 Å². The van der Waals surface area contributed by atoms with Gasteiger partial charge in [0.2, 0.25) is 0 Å². The van der Waals surface area contributed by atoms with Gasteiger partial charge in [-0.3, -0.25) is 0 Å². The highest BCUT2D eigenvalue weighted by atomic mass is 35.5. The van der Waals surface area contributed by atoms with Crippen LogP contribution in [-0.4, -0.2) is 4.98 Å². The second-order valence-corrected chi connectivity index (χ2v) is 4.54. The molecular formula is C10H6ClF3N2S. The Morgan fingerprint density at radius 2 is 2.00 bits per heavy atom. The number of nitrogens with two attached hydrogens (primary N) is 1. The molecule has 0 saturated carbocycles. The number of benzene rings is 1. The van der Waals surface area contributed by atoms with E-state index in [1.54, 1.807) is 12.1 Å². The molecule has 1 aromatic heterocycles. The fourth-order valence-electron chi connectivity index (χ4n) is 1.27. The van der Waals surface area contributed by atoms with Crippen LogP contribution in [0.25, 0.3) is 11.3 Å². The normalized spacial score (nSPS) is 11.8. The summed E-state index contributed by atoms with van der Waals surface area (Å²) in [5.41, 5.74) is 6.59. The standard InChI is InChI=1S/C10H6ClF3N2S/c11-7-3-5(15)1-2-6(7)8-4-17-9(16-8)10(12,13)14/h1-4H,15H2. The summed E-state index contributed by atoms with van der Waals surface area (Å²) in [7, 11) is 0. The molecule has 2 nitrogen and oxygen atoms in total. The summed E-state index contributed by atoms with van der Waals surface area (Å²) in [4.78, 5) is 3.51. The molecule has 0 bridgehead atoms. The number of aromatic nitrogens is 1. The van der Waals surface area contributed by atoms with Crippen LogP contribution in [0.2, 0.25) is 5.02 Å². The highest BCUT2D eigenvalue weighted by Crippen LogP contribution is 2.36. The predicted molar refractivity (Wildman–Crippen MR) is 62.0 cm³/mol. The number of nitrogen functional groups attached to an aromatic ring is 1. The molecule has 0 atom stereocenters. The van der Waals surface area contributed by atoms with Gasteiger partial charge in [-0.05, 0) is 18.2 Å². The Morgan fingerprint density at radius 1 is 1.29 bits per heavy atom. The van der Waals surface area contributed by atoms with Crippen LogP contribution < -0.4 is 5.73 Å². The van der Waals surface area contributed by atoms with Crippen molar-refractivity contribution in [2.45, 2.75) is 6.18 Å². The van der Waals surface area contributed by atoms with Crippen LogP contribution in [0.4, 0.5) is 18.9 Å². The van der Waals surface area contributed by atoms with E-state index in [2.05, 4.69) is 4.98 Å². The first-order chi connectivity index (χ1) is 7.88. The Labute approximate surface area is 104 Å². The minimum absolute atomic E-state index is 0.201. The Morgan fingerprint density at radius 3 is 2.53 bits per heavy atom. The van der Waals surface area contributed by atoms with Crippen molar-refractivity contribution in [1.29, 1.82) is 0 Å². The zero-order valence-electron chi connectivity index (χ0n) is 8.25. The molecule has 0 radical (unpaired) electrons. The third kappa shape index (κ3) is 2.53. The Balaban J connectivity index is 2.44. The van der Waals surface area contributed by atoms with Crippen LogP contribution in [0.15, 0.2) is 23.6 Å². The van der Waals surface area contributed by atoms with Crippen LogP contribution >= 0.6 is 22.9 Å². The van der Waals surface area contributed by atoms with Crippen LogP contribution in [0.1, 0.15) is 5.01 Å². The van der Waals surface area contributed by atoms with E-state index in [-0.39, 0.29) is 10.7 Å². The molecule has 1 heterocycles. The van der Waals surface area contributed by atoms with E-state index >= 15 is 0 Å². The van der Waals surface area contributed by atoms with Crippen molar-refractivity contribution in [3.63, 3.8) is 0 Å². The van der Waals surface area contributed by atoms with Crippen LogP contribution in [0.5, 0.6) is 0 Å². The average molecular weight is 279 g/mol. The fraction of sp³-hybridized carbons (Fsp3) is 0.100. The van der Waals surface area contributed by atoms with E-state index in [0.29, 0.717) is 22.6 Å². The maximum Gasteiger partial charge on any atom is 0.443 e. The number of alkyl halides is 3. The molecule has 7 heteroatoms. The van der Waals surface area contributed by atoms with Gasteiger partial charge in [0.1, 0.15) is 0 Å². The number of nitrogens with zero attached hydrogens (tertiary/aromatic N) is 1. The van der Waals surface area contributed by atoms with E-state index in [1.165, 1.54) is 11.4 Å². The summed E-state index contributed by atoms with van der Waals surface area (Å²) in [6.45, 7) is 0. The van der Waals surface area contributed by atoms with E-state index < -0.39 is 11.2 Å². The first-order valence-electron chi connectivity index (χ1n) is 4.46. The number of anilines is 1. The van der Waals surface area contributed by atoms with Crippen molar-refractivity contribution in [2.24, 2.45) is 0 Å². The van der Waals surface area contributed by atoms with Gasteiger partial charge in [-0.2, -0.15) is 13.2 Å². The van der Waals surface area contributed by atoms with Gasteiger partial charge in [0.25, 0.3) is 0 Å². The molecule has 2 N–H and O–H groups in total. The smallest absolute Gasteiger partial charge is 0.399 e. The highest BCUT2D eigenvalue weighted by Gasteiger charge is 2.34. The molecular weight excluding hydrogens is 273 g/mol. The number of rotatable bonds is 1. The van der Waals surface area contributed by atoms with Gasteiger partial charge >= 0.3 is 6.18 Å². The molecule has 1 aromatic carbocycles. The molecule has 0 amide bonds. The largest absolute Gasteiger partial charge is 0.443 e. The maximum atomic E-state index is 12.4. The second-order valence-electron chi connectivity index (χ2n) is 3.27. The van der Waals surface area contributed by atoms with Crippen molar-refractivity contribution in [2.75, 3.05) is 5.73 Å². The zero-order chi connectivity index (χ0) is 12.6. The van der Waals surface area contributed by atoms with Crippen LogP contribution in [0.3, 0.4) is 0 Å². The number of thiazole rings is 1. The number of hydrogen-bond donors (Lipinski definition) is 1. The second kappa shape index (κ2) is 4.19. The molecule has 0 saturated heterocycles. The van der Waals surface area contributed by atoms with Crippen molar-refractivity contribution in [3.8, 4) is 11.3 Å². The summed E-state index contributed by atoms with van der Waals surface area (Å²) < 4.78 is 37.1. The molecule has 17 heavy (non-hydrogen) atoms. The lowest BCUT2D eigenvalue weighted by atomic mass is 10.1. The lowest BCUT2D eigenvalue weighted by Crippen LogP contribution is -2.03. The maximum absolute atomic E-state index is 12.4. The van der Waals surface area contributed by atoms with Crippen LogP contribution in [-0.2, 0) is 6.18 Å². The van der Waals surface area contributed by atoms with Crippen molar-refractivity contribution < 1.29 is 13.2 Å². The van der Waals surface area contributed by atoms with E-state index in [0.717, 1.165) is 0 Å². The lowest BCUT2D eigenvalue weighted by molar-refractivity contribution is -0.137. The van der Waals surface area contributed by atoms with Crippen LogP contribution in [0, 0.1) is 0 Å². The molecule has 2 rings (SSSR count). The molecule has 0 aliphatic carbocycles. The van der Waals surface area contributed by atoms with Gasteiger partial charge < -0.3 is 5.73 Å². The third-order valence-corrected chi connectivity index (χ3v) is 3.22. The van der Waals surface area contributed by atoms with E-state index in [9.17, 15) is 13.2 Å². The van der Waals surface area contributed by atoms with Gasteiger partial charge in [-0.15, -0.1) is 11.3 Å². The average Bonchev–Trinajstić information content (AvgIpc) is 2.65. The van der Waals surface area contributed by atoms with Gasteiger partial charge in [-0.1, -0.05) is 11.6 Å². The molecule has 0 spiro atoms. The molecule has 0 aliphatic rings. The molecule has 0 fully saturated rings. The first kappa shape index (κ1) is 12.2. The Kier molecular flexibility index (Phi) is 3.01. The highest BCUT2D eigenvalue weighted by molar-refractivity contribution is 7.10. The SMILES string of the molecule is Nc1ccc(-c2csc(C(F)(F)F)n2)c(Cl)c1. The topological polar surface area (TPSA) is 38.9 Å². The Bertz CT molecular complexity index is 551. The number of halogens is 4. The van der Waals surface area contributed by atoms with E-state index in [1.807, 2.05) is 0 Å². The third-order valence-electron chi connectivity index (χ3n) is 2.02. The fourth-order valence-corrected chi connectivity index (χ4v) is 2.24. The van der Waals surface area contributed by atoms with Crippen molar-refractivity contribution >= 4 is 28.6 Å². The summed E-state index contributed by atoms with van der Waals surface area (Å²) >= 11 is 6.43. The lowest BCUT2D eigenvalue weighted by Gasteiger charge is -2.02.